The van der Waals surface area contributed by atoms with E-state index in [0.717, 1.165) is 12.0 Å². The van der Waals surface area contributed by atoms with Crippen LogP contribution in [0.1, 0.15) is 38.8 Å². The highest BCUT2D eigenvalue weighted by Crippen LogP contribution is 2.36. The van der Waals surface area contributed by atoms with E-state index >= 15 is 0 Å². The molecule has 0 saturated carbocycles. The molecule has 0 aliphatic carbocycles. The molecule has 0 amide bonds. The molecule has 0 bridgehead atoms. The molecule has 0 N–H and O–H groups in total. The molecule has 2 rings (SSSR count). The topological polar surface area (TPSA) is 21.7 Å². The van der Waals surface area contributed by atoms with Gasteiger partial charge in [0.25, 0.3) is 0 Å². The van der Waals surface area contributed by atoms with Crippen molar-refractivity contribution in [1.82, 2.24) is 4.90 Å². The maximum atomic E-state index is 6.11. The van der Waals surface area contributed by atoms with E-state index in [9.17, 15) is 0 Å². The summed E-state index contributed by atoms with van der Waals surface area (Å²) in [4.78, 5) is 2.18. The molecule has 0 aromatic heterocycles. The third kappa shape index (κ3) is 2.92. The molecular formula is C16H26BNO2. The first-order valence-electron chi connectivity index (χ1n) is 7.22. The zero-order valence-corrected chi connectivity index (χ0v) is 13.8. The van der Waals surface area contributed by atoms with Crippen LogP contribution < -0.4 is 5.46 Å². The van der Waals surface area contributed by atoms with Crippen LogP contribution in [-0.4, -0.2) is 37.3 Å². The summed E-state index contributed by atoms with van der Waals surface area (Å²) in [5.74, 6) is 0. The number of benzene rings is 1. The lowest BCUT2D eigenvalue weighted by Crippen LogP contribution is -2.41. The summed E-state index contributed by atoms with van der Waals surface area (Å²) in [7, 11) is 3.89. The van der Waals surface area contributed by atoms with Crippen LogP contribution in [-0.2, 0) is 15.9 Å². The van der Waals surface area contributed by atoms with Crippen molar-refractivity contribution in [2.75, 3.05) is 14.1 Å². The zero-order valence-electron chi connectivity index (χ0n) is 13.8. The Balaban J connectivity index is 2.27. The lowest BCUT2D eigenvalue weighted by atomic mass is 9.77. The van der Waals surface area contributed by atoms with Crippen LogP contribution in [0, 0.1) is 6.92 Å². The molecule has 20 heavy (non-hydrogen) atoms. The van der Waals surface area contributed by atoms with Crippen LogP contribution in [0.15, 0.2) is 18.2 Å². The Kier molecular flexibility index (Phi) is 4.02. The Morgan fingerprint density at radius 1 is 1.05 bits per heavy atom. The van der Waals surface area contributed by atoms with Gasteiger partial charge >= 0.3 is 7.12 Å². The van der Waals surface area contributed by atoms with Gasteiger partial charge in [0.1, 0.15) is 0 Å². The second-order valence-electron chi connectivity index (χ2n) is 7.01. The summed E-state index contributed by atoms with van der Waals surface area (Å²) < 4.78 is 12.2. The highest BCUT2D eigenvalue weighted by molar-refractivity contribution is 6.62. The Bertz CT molecular complexity index is 481. The number of hydrogen-bond acceptors (Lipinski definition) is 3. The van der Waals surface area contributed by atoms with Crippen LogP contribution in [0.4, 0.5) is 0 Å². The van der Waals surface area contributed by atoms with Crippen LogP contribution >= 0.6 is 0 Å². The molecule has 110 valence electrons. The Morgan fingerprint density at radius 2 is 1.60 bits per heavy atom. The van der Waals surface area contributed by atoms with Gasteiger partial charge in [0.05, 0.1) is 11.2 Å². The molecule has 1 heterocycles. The van der Waals surface area contributed by atoms with E-state index in [1.807, 2.05) is 0 Å². The maximum absolute atomic E-state index is 6.11. The molecule has 1 fully saturated rings. The van der Waals surface area contributed by atoms with Crippen molar-refractivity contribution in [3.63, 3.8) is 0 Å². The van der Waals surface area contributed by atoms with E-state index in [1.165, 1.54) is 11.1 Å². The van der Waals surface area contributed by atoms with Crippen molar-refractivity contribution < 1.29 is 9.31 Å². The number of nitrogens with zero attached hydrogens (tertiary/aromatic N) is 1. The number of aryl methyl sites for hydroxylation is 1. The van der Waals surface area contributed by atoms with Crippen LogP contribution in [0.25, 0.3) is 0 Å². The van der Waals surface area contributed by atoms with Crippen molar-refractivity contribution in [2.24, 2.45) is 0 Å². The van der Waals surface area contributed by atoms with Crippen molar-refractivity contribution >= 4 is 12.6 Å². The third-order valence-electron chi connectivity index (χ3n) is 4.39. The van der Waals surface area contributed by atoms with Gasteiger partial charge in [-0.15, -0.1) is 0 Å². The lowest BCUT2D eigenvalue weighted by molar-refractivity contribution is 0.00578. The van der Waals surface area contributed by atoms with Gasteiger partial charge < -0.3 is 14.2 Å². The van der Waals surface area contributed by atoms with E-state index < -0.39 is 0 Å². The molecule has 1 aromatic carbocycles. The lowest BCUT2D eigenvalue weighted by Gasteiger charge is -2.32. The van der Waals surface area contributed by atoms with Gasteiger partial charge in [-0.3, -0.25) is 0 Å². The summed E-state index contributed by atoms with van der Waals surface area (Å²) in [6.07, 6.45) is 0. The van der Waals surface area contributed by atoms with Gasteiger partial charge in [-0.25, -0.2) is 0 Å². The molecule has 3 nitrogen and oxygen atoms in total. The monoisotopic (exact) mass is 275 g/mol. The molecule has 0 atom stereocenters. The predicted octanol–water partition coefficient (Wildman–Crippen LogP) is 2.36. The molecule has 0 spiro atoms. The van der Waals surface area contributed by atoms with Gasteiger partial charge in [-0.2, -0.15) is 0 Å². The Labute approximate surface area is 123 Å². The highest BCUT2D eigenvalue weighted by Gasteiger charge is 2.51. The summed E-state index contributed by atoms with van der Waals surface area (Å²) in [6.45, 7) is 11.4. The smallest absolute Gasteiger partial charge is 0.399 e. The van der Waals surface area contributed by atoms with Crippen molar-refractivity contribution in [3.05, 3.63) is 29.3 Å². The van der Waals surface area contributed by atoms with E-state index in [0.29, 0.717) is 0 Å². The van der Waals surface area contributed by atoms with E-state index in [-0.39, 0.29) is 18.3 Å². The quantitative estimate of drug-likeness (QED) is 0.790. The Hall–Kier alpha value is -0.835. The third-order valence-corrected chi connectivity index (χ3v) is 4.39. The minimum atomic E-state index is -0.287. The SMILES string of the molecule is Cc1ccc(B2OC(C)(C)C(C)(C)O2)cc1CN(C)C. The minimum absolute atomic E-state index is 0.276. The summed E-state index contributed by atoms with van der Waals surface area (Å²) in [6, 6.07) is 6.47. The van der Waals surface area contributed by atoms with Gasteiger partial charge in [-0.05, 0) is 65.3 Å². The largest absolute Gasteiger partial charge is 0.494 e. The van der Waals surface area contributed by atoms with Gasteiger partial charge in [0, 0.05) is 6.54 Å². The van der Waals surface area contributed by atoms with Crippen LogP contribution in [0.3, 0.4) is 0 Å². The maximum Gasteiger partial charge on any atom is 0.494 e. The molecule has 1 aliphatic heterocycles. The highest BCUT2D eigenvalue weighted by atomic mass is 16.7. The Morgan fingerprint density at radius 3 is 2.10 bits per heavy atom. The number of hydrogen-bond donors (Lipinski definition) is 0. The summed E-state index contributed by atoms with van der Waals surface area (Å²) in [5, 5.41) is 0. The fraction of sp³-hybridized carbons (Fsp3) is 0.625. The first-order valence-corrected chi connectivity index (χ1v) is 7.22. The molecule has 0 unspecified atom stereocenters. The molecular weight excluding hydrogens is 249 g/mol. The van der Waals surface area contributed by atoms with Gasteiger partial charge in [0.2, 0.25) is 0 Å². The fourth-order valence-corrected chi connectivity index (χ4v) is 2.33. The van der Waals surface area contributed by atoms with Crippen LogP contribution in [0.2, 0.25) is 0 Å². The van der Waals surface area contributed by atoms with E-state index in [2.05, 4.69) is 71.8 Å². The van der Waals surface area contributed by atoms with Crippen LogP contribution in [0.5, 0.6) is 0 Å². The first kappa shape index (κ1) is 15.6. The zero-order chi connectivity index (χ0) is 15.1. The normalized spacial score (nSPS) is 20.7. The van der Waals surface area contributed by atoms with Gasteiger partial charge in [0.15, 0.2) is 0 Å². The average Bonchev–Trinajstić information content (AvgIpc) is 2.50. The van der Waals surface area contributed by atoms with Gasteiger partial charge in [-0.1, -0.05) is 18.2 Å². The average molecular weight is 275 g/mol. The van der Waals surface area contributed by atoms with E-state index in [1.54, 1.807) is 0 Å². The van der Waals surface area contributed by atoms with Crippen molar-refractivity contribution in [2.45, 2.75) is 52.4 Å². The van der Waals surface area contributed by atoms with E-state index in [4.69, 9.17) is 9.31 Å². The van der Waals surface area contributed by atoms with Crippen molar-refractivity contribution in [3.8, 4) is 0 Å². The second kappa shape index (κ2) is 5.17. The molecule has 4 heteroatoms. The molecule has 0 radical (unpaired) electrons. The molecule has 1 aromatic rings. The second-order valence-corrected chi connectivity index (χ2v) is 7.01. The molecule has 1 aliphatic rings. The minimum Gasteiger partial charge on any atom is -0.399 e. The standard InChI is InChI=1S/C16H26BNO2/c1-12-8-9-14(10-13(12)11-18(6)7)17-19-15(2,3)16(4,5)20-17/h8-10H,11H2,1-7H3. The first-order chi connectivity index (χ1) is 9.12. The summed E-state index contributed by atoms with van der Waals surface area (Å²) in [5.41, 5.74) is 3.15. The van der Waals surface area contributed by atoms with Crippen molar-refractivity contribution in [1.29, 1.82) is 0 Å². The fourth-order valence-electron chi connectivity index (χ4n) is 2.33. The molecule has 1 saturated heterocycles. The number of rotatable bonds is 3. The predicted molar refractivity (Wildman–Crippen MR) is 84.3 cm³/mol. The summed E-state index contributed by atoms with van der Waals surface area (Å²) >= 11 is 0.